The predicted molar refractivity (Wildman–Crippen MR) is 108 cm³/mol. The van der Waals surface area contributed by atoms with Crippen LogP contribution in [0.3, 0.4) is 0 Å². The van der Waals surface area contributed by atoms with Gasteiger partial charge in [-0.1, -0.05) is 54.6 Å². The van der Waals surface area contributed by atoms with Crippen molar-refractivity contribution < 1.29 is 4.79 Å². The third-order valence-electron chi connectivity index (χ3n) is 5.41. The zero-order chi connectivity index (χ0) is 17.9. The molecule has 0 aromatic heterocycles. The highest BCUT2D eigenvalue weighted by Gasteiger charge is 2.27. The fourth-order valence-electron chi connectivity index (χ4n) is 3.91. The van der Waals surface area contributed by atoms with Crippen LogP contribution < -0.4 is 4.90 Å². The Morgan fingerprint density at radius 2 is 1.69 bits per heavy atom. The average Bonchev–Trinajstić information content (AvgIpc) is 2.73. The lowest BCUT2D eigenvalue weighted by Gasteiger charge is -2.39. The van der Waals surface area contributed by atoms with Crippen LogP contribution in [0.25, 0.3) is 10.8 Å². The number of carbonyl (C=O) groups excluding carboxylic acids is 1. The van der Waals surface area contributed by atoms with Crippen LogP contribution in [0, 0.1) is 0 Å². The first-order valence-corrected chi connectivity index (χ1v) is 9.29. The first kappa shape index (κ1) is 16.6. The molecular weight excluding hydrogens is 320 g/mol. The average molecular weight is 344 g/mol. The van der Waals surface area contributed by atoms with Gasteiger partial charge in [0.25, 0.3) is 5.91 Å². The number of likely N-dealkylation sites (N-methyl/N-ethyl adjacent to an activating group) is 1. The number of piperidine rings is 1. The van der Waals surface area contributed by atoms with E-state index < -0.39 is 0 Å². The van der Waals surface area contributed by atoms with Crippen molar-refractivity contribution in [3.8, 4) is 0 Å². The summed E-state index contributed by atoms with van der Waals surface area (Å²) < 4.78 is 0. The lowest BCUT2D eigenvalue weighted by molar-refractivity contribution is 0.0719. The zero-order valence-corrected chi connectivity index (χ0v) is 15.1. The molecule has 1 fully saturated rings. The van der Waals surface area contributed by atoms with Gasteiger partial charge >= 0.3 is 0 Å². The molecule has 0 N–H and O–H groups in total. The van der Waals surface area contributed by atoms with Crippen LogP contribution in [0.4, 0.5) is 5.69 Å². The number of benzene rings is 3. The van der Waals surface area contributed by atoms with Crippen LogP contribution in [0.2, 0.25) is 0 Å². The summed E-state index contributed by atoms with van der Waals surface area (Å²) in [7, 11) is 1.95. The SMILES string of the molecule is CN(C(=O)c1cccc2ccccc12)C1CCCN(c2ccccc2)C1. The van der Waals surface area contributed by atoms with E-state index in [0.29, 0.717) is 0 Å². The normalized spacial score (nSPS) is 17.3. The van der Waals surface area contributed by atoms with Crippen molar-refractivity contribution >= 4 is 22.4 Å². The fraction of sp³-hybridized carbons (Fsp3) is 0.261. The standard InChI is InChI=1S/C23H24N2O/c1-24(20-13-8-16-25(17-20)19-11-3-2-4-12-19)23(26)22-15-7-10-18-9-5-6-14-21(18)22/h2-7,9-12,14-15,20H,8,13,16-17H2,1H3. The summed E-state index contributed by atoms with van der Waals surface area (Å²) in [6.07, 6.45) is 2.16. The molecule has 1 heterocycles. The summed E-state index contributed by atoms with van der Waals surface area (Å²) in [4.78, 5) is 17.5. The Kier molecular flexibility index (Phi) is 4.61. The minimum atomic E-state index is 0.113. The number of fused-ring (bicyclic) bond motifs is 1. The Balaban J connectivity index is 1.56. The maximum Gasteiger partial charge on any atom is 0.254 e. The molecule has 1 aliphatic heterocycles. The number of rotatable bonds is 3. The third-order valence-corrected chi connectivity index (χ3v) is 5.41. The minimum absolute atomic E-state index is 0.113. The van der Waals surface area contributed by atoms with Crippen molar-refractivity contribution in [2.24, 2.45) is 0 Å². The van der Waals surface area contributed by atoms with E-state index >= 15 is 0 Å². The van der Waals surface area contributed by atoms with Gasteiger partial charge in [-0.25, -0.2) is 0 Å². The Labute approximate surface area is 154 Å². The largest absolute Gasteiger partial charge is 0.369 e. The Morgan fingerprint density at radius 3 is 2.54 bits per heavy atom. The molecule has 3 aromatic carbocycles. The van der Waals surface area contributed by atoms with E-state index in [1.165, 1.54) is 5.69 Å². The number of nitrogens with zero attached hydrogens (tertiary/aromatic N) is 2. The van der Waals surface area contributed by atoms with E-state index in [2.05, 4.69) is 41.3 Å². The molecule has 1 atom stereocenters. The molecule has 1 unspecified atom stereocenters. The maximum atomic E-state index is 13.2. The highest BCUT2D eigenvalue weighted by Crippen LogP contribution is 2.25. The van der Waals surface area contributed by atoms with Crippen molar-refractivity contribution in [2.45, 2.75) is 18.9 Å². The van der Waals surface area contributed by atoms with Crippen LogP contribution in [-0.4, -0.2) is 37.0 Å². The van der Waals surface area contributed by atoms with E-state index in [9.17, 15) is 4.79 Å². The second kappa shape index (κ2) is 7.20. The van der Waals surface area contributed by atoms with E-state index in [4.69, 9.17) is 0 Å². The van der Waals surface area contributed by atoms with Crippen LogP contribution >= 0.6 is 0 Å². The van der Waals surface area contributed by atoms with E-state index in [1.807, 2.05) is 48.3 Å². The summed E-state index contributed by atoms with van der Waals surface area (Å²) in [6.45, 7) is 1.94. The molecule has 1 amide bonds. The summed E-state index contributed by atoms with van der Waals surface area (Å²) in [5.74, 6) is 0.113. The molecular formula is C23H24N2O. The number of para-hydroxylation sites is 1. The molecule has 1 aliphatic rings. The van der Waals surface area contributed by atoms with Crippen molar-refractivity contribution in [3.05, 3.63) is 78.4 Å². The number of carbonyl (C=O) groups is 1. The number of amides is 1. The van der Waals surface area contributed by atoms with Gasteiger partial charge in [0.05, 0.1) is 0 Å². The molecule has 3 nitrogen and oxygen atoms in total. The Bertz CT molecular complexity index is 901. The second-order valence-corrected chi connectivity index (χ2v) is 7.02. The molecule has 4 rings (SSSR count). The molecule has 3 heteroatoms. The molecule has 0 aliphatic carbocycles. The molecule has 26 heavy (non-hydrogen) atoms. The lowest BCUT2D eigenvalue weighted by Crippen LogP contribution is -2.48. The van der Waals surface area contributed by atoms with Gasteiger partial charge < -0.3 is 9.80 Å². The number of anilines is 1. The number of hydrogen-bond donors (Lipinski definition) is 0. The molecule has 132 valence electrons. The fourth-order valence-corrected chi connectivity index (χ4v) is 3.91. The first-order valence-electron chi connectivity index (χ1n) is 9.29. The van der Waals surface area contributed by atoms with Crippen molar-refractivity contribution in [3.63, 3.8) is 0 Å². The number of hydrogen-bond acceptors (Lipinski definition) is 2. The van der Waals surface area contributed by atoms with Gasteiger partial charge in [-0.15, -0.1) is 0 Å². The van der Waals surface area contributed by atoms with E-state index in [1.54, 1.807) is 0 Å². The van der Waals surface area contributed by atoms with Crippen LogP contribution in [0.15, 0.2) is 72.8 Å². The highest BCUT2D eigenvalue weighted by atomic mass is 16.2. The molecule has 3 aromatic rings. The van der Waals surface area contributed by atoms with Crippen molar-refractivity contribution in [2.75, 3.05) is 25.0 Å². The van der Waals surface area contributed by atoms with Crippen LogP contribution in [-0.2, 0) is 0 Å². The van der Waals surface area contributed by atoms with E-state index in [-0.39, 0.29) is 11.9 Å². The second-order valence-electron chi connectivity index (χ2n) is 7.02. The van der Waals surface area contributed by atoms with Gasteiger partial charge in [-0.3, -0.25) is 4.79 Å². The zero-order valence-electron chi connectivity index (χ0n) is 15.1. The third kappa shape index (κ3) is 3.17. The van der Waals surface area contributed by atoms with Gasteiger partial charge in [-0.05, 0) is 41.8 Å². The molecule has 0 saturated carbocycles. The Morgan fingerprint density at radius 1 is 0.962 bits per heavy atom. The molecule has 0 spiro atoms. The monoisotopic (exact) mass is 344 g/mol. The molecule has 0 bridgehead atoms. The quantitative estimate of drug-likeness (QED) is 0.694. The Hall–Kier alpha value is -2.81. The lowest BCUT2D eigenvalue weighted by atomic mass is 10.0. The van der Waals surface area contributed by atoms with Crippen molar-refractivity contribution in [1.82, 2.24) is 4.90 Å². The molecule has 0 radical (unpaired) electrons. The highest BCUT2D eigenvalue weighted by molar-refractivity contribution is 6.07. The topological polar surface area (TPSA) is 23.6 Å². The smallest absolute Gasteiger partial charge is 0.254 e. The van der Waals surface area contributed by atoms with Crippen LogP contribution in [0.5, 0.6) is 0 Å². The summed E-state index contributed by atoms with van der Waals surface area (Å²) >= 11 is 0. The maximum absolute atomic E-state index is 13.2. The van der Waals surface area contributed by atoms with E-state index in [0.717, 1.165) is 42.3 Å². The summed E-state index contributed by atoms with van der Waals surface area (Å²) in [5.41, 5.74) is 2.03. The molecule has 1 saturated heterocycles. The van der Waals surface area contributed by atoms with Gasteiger partial charge in [0.2, 0.25) is 0 Å². The predicted octanol–water partition coefficient (Wildman–Crippen LogP) is 4.58. The summed E-state index contributed by atoms with van der Waals surface area (Å²) in [5, 5.41) is 2.14. The van der Waals surface area contributed by atoms with Gasteiger partial charge in [0.15, 0.2) is 0 Å². The van der Waals surface area contributed by atoms with Gasteiger partial charge in [0.1, 0.15) is 0 Å². The van der Waals surface area contributed by atoms with Crippen molar-refractivity contribution in [1.29, 1.82) is 0 Å². The van der Waals surface area contributed by atoms with Crippen LogP contribution in [0.1, 0.15) is 23.2 Å². The minimum Gasteiger partial charge on any atom is -0.369 e. The summed E-state index contributed by atoms with van der Waals surface area (Å²) in [6, 6.07) is 24.8. The van der Waals surface area contributed by atoms with Gasteiger partial charge in [-0.2, -0.15) is 0 Å². The van der Waals surface area contributed by atoms with Gasteiger partial charge in [0, 0.05) is 37.4 Å². The first-order chi connectivity index (χ1) is 12.7.